The van der Waals surface area contributed by atoms with E-state index in [1.54, 1.807) is 0 Å². The lowest BCUT2D eigenvalue weighted by Gasteiger charge is -2.36. The number of allylic oxidation sites excluding steroid dienone is 1. The first kappa shape index (κ1) is 12.0. The third-order valence-electron chi connectivity index (χ3n) is 4.32. The van der Waals surface area contributed by atoms with Crippen molar-refractivity contribution < 1.29 is 4.74 Å². The molecule has 1 heterocycles. The summed E-state index contributed by atoms with van der Waals surface area (Å²) in [6.07, 6.45) is 10.7. The van der Waals surface area contributed by atoms with Crippen LogP contribution in [0, 0.1) is 5.92 Å². The molecule has 1 aliphatic heterocycles. The van der Waals surface area contributed by atoms with Crippen LogP contribution in [0.5, 0.6) is 0 Å². The maximum absolute atomic E-state index is 6.01. The first-order valence-electron chi connectivity index (χ1n) is 7.25. The molecule has 0 aromatic heterocycles. The molecule has 2 atom stereocenters. The van der Waals surface area contributed by atoms with Crippen molar-refractivity contribution in [1.29, 1.82) is 0 Å². The van der Waals surface area contributed by atoms with Crippen LogP contribution in [-0.2, 0) is 11.2 Å². The van der Waals surface area contributed by atoms with Crippen molar-refractivity contribution in [3.05, 3.63) is 47.5 Å². The predicted octanol–water partition coefficient (Wildman–Crippen LogP) is 4.13. The summed E-state index contributed by atoms with van der Waals surface area (Å²) in [4.78, 5) is 0. The van der Waals surface area contributed by atoms with Crippen LogP contribution < -0.4 is 0 Å². The molecule has 0 N–H and O–H groups in total. The van der Waals surface area contributed by atoms with Crippen molar-refractivity contribution in [1.82, 2.24) is 0 Å². The molecule has 1 saturated carbocycles. The normalized spacial score (nSPS) is 30.1. The second-order valence-electron chi connectivity index (χ2n) is 5.65. The van der Waals surface area contributed by atoms with Crippen LogP contribution in [0.1, 0.15) is 37.7 Å². The Morgan fingerprint density at radius 2 is 1.94 bits per heavy atom. The molecule has 1 aromatic rings. The molecule has 2 aliphatic rings. The Hall–Kier alpha value is -1.08. The summed E-state index contributed by atoms with van der Waals surface area (Å²) in [5.74, 6) is 0.800. The molecule has 3 rings (SSSR count). The van der Waals surface area contributed by atoms with Crippen LogP contribution in [0.4, 0.5) is 0 Å². The molecule has 1 heteroatoms. The Morgan fingerprint density at radius 1 is 1.11 bits per heavy atom. The Bertz CT molecular complexity index is 407. The molecule has 2 fully saturated rings. The largest absolute Gasteiger partial charge is 0.374 e. The summed E-state index contributed by atoms with van der Waals surface area (Å²) in [6, 6.07) is 10.7. The van der Waals surface area contributed by atoms with Crippen LogP contribution in [-0.4, -0.2) is 12.7 Å². The molecular weight excluding hydrogens is 220 g/mol. The van der Waals surface area contributed by atoms with Crippen molar-refractivity contribution in [2.45, 2.75) is 44.6 Å². The zero-order valence-electron chi connectivity index (χ0n) is 11.0. The number of benzene rings is 1. The van der Waals surface area contributed by atoms with Gasteiger partial charge in [0.25, 0.3) is 0 Å². The zero-order valence-corrected chi connectivity index (χ0v) is 11.0. The third-order valence-corrected chi connectivity index (χ3v) is 4.32. The van der Waals surface area contributed by atoms with Gasteiger partial charge >= 0.3 is 0 Å². The van der Waals surface area contributed by atoms with Crippen LogP contribution in [0.3, 0.4) is 0 Å². The monoisotopic (exact) mass is 242 g/mol. The summed E-state index contributed by atoms with van der Waals surface area (Å²) in [5, 5.41) is 0. The van der Waals surface area contributed by atoms with Gasteiger partial charge in [0.05, 0.1) is 12.7 Å². The molecular formula is C17H22O. The lowest BCUT2D eigenvalue weighted by molar-refractivity contribution is -0.0230. The Balaban J connectivity index is 1.60. The molecule has 1 aromatic carbocycles. The molecule has 96 valence electrons. The maximum Gasteiger partial charge on any atom is 0.0680 e. The van der Waals surface area contributed by atoms with Gasteiger partial charge in [-0.25, -0.2) is 0 Å². The van der Waals surface area contributed by atoms with Crippen molar-refractivity contribution in [3.8, 4) is 0 Å². The highest BCUT2D eigenvalue weighted by Gasteiger charge is 2.30. The van der Waals surface area contributed by atoms with E-state index < -0.39 is 0 Å². The third kappa shape index (κ3) is 2.84. The van der Waals surface area contributed by atoms with E-state index in [1.807, 2.05) is 0 Å². The van der Waals surface area contributed by atoms with E-state index >= 15 is 0 Å². The number of rotatable bonds is 2. The van der Waals surface area contributed by atoms with Gasteiger partial charge in [0.2, 0.25) is 0 Å². The fourth-order valence-electron chi connectivity index (χ4n) is 3.25. The Labute approximate surface area is 110 Å². The van der Waals surface area contributed by atoms with E-state index in [0.29, 0.717) is 6.10 Å². The number of ether oxygens (including phenoxy) is 1. The van der Waals surface area contributed by atoms with Crippen molar-refractivity contribution in [2.24, 2.45) is 5.92 Å². The van der Waals surface area contributed by atoms with E-state index in [0.717, 1.165) is 18.9 Å². The quantitative estimate of drug-likeness (QED) is 0.708. The highest BCUT2D eigenvalue weighted by atomic mass is 16.5. The smallest absolute Gasteiger partial charge is 0.0680 e. The van der Waals surface area contributed by atoms with E-state index in [4.69, 9.17) is 4.74 Å². The van der Waals surface area contributed by atoms with Gasteiger partial charge in [-0.15, -0.1) is 0 Å². The summed E-state index contributed by atoms with van der Waals surface area (Å²) >= 11 is 0. The molecule has 0 amide bonds. The summed E-state index contributed by atoms with van der Waals surface area (Å²) in [6.45, 7) is 0.869. The van der Waals surface area contributed by atoms with E-state index in [1.165, 1.54) is 43.2 Å². The molecule has 0 spiro atoms. The number of hydrogen-bond donors (Lipinski definition) is 0. The van der Waals surface area contributed by atoms with Crippen LogP contribution in [0.15, 0.2) is 42.0 Å². The topological polar surface area (TPSA) is 9.23 Å². The fraction of sp³-hybridized carbons (Fsp3) is 0.529. The average molecular weight is 242 g/mol. The SMILES string of the molecule is C(/Cc1ccccc1)=C1\CO[C@H]2CCCCC2C1. The van der Waals surface area contributed by atoms with Crippen molar-refractivity contribution in [2.75, 3.05) is 6.61 Å². The molecule has 1 aliphatic carbocycles. The molecule has 1 nitrogen and oxygen atoms in total. The number of fused-ring (bicyclic) bond motifs is 1. The minimum atomic E-state index is 0.563. The number of hydrogen-bond acceptors (Lipinski definition) is 1. The first-order chi connectivity index (χ1) is 8.92. The van der Waals surface area contributed by atoms with Gasteiger partial charge in [-0.2, -0.15) is 0 Å². The molecule has 0 radical (unpaired) electrons. The van der Waals surface area contributed by atoms with Gasteiger partial charge in [0, 0.05) is 0 Å². The van der Waals surface area contributed by atoms with Crippen LogP contribution in [0.25, 0.3) is 0 Å². The van der Waals surface area contributed by atoms with Gasteiger partial charge in [0.1, 0.15) is 0 Å². The standard InChI is InChI=1S/C17H22O/c1-2-6-14(7-3-1)10-11-15-12-16-8-4-5-9-17(16)18-13-15/h1-3,6-7,11,16-17H,4-5,8-10,12-13H2/b15-11+/t16?,17-/m0/s1. The minimum Gasteiger partial charge on any atom is -0.374 e. The van der Waals surface area contributed by atoms with Gasteiger partial charge in [-0.05, 0) is 42.7 Å². The van der Waals surface area contributed by atoms with Gasteiger partial charge < -0.3 is 4.74 Å². The molecule has 0 bridgehead atoms. The summed E-state index contributed by atoms with van der Waals surface area (Å²) < 4.78 is 6.01. The van der Waals surface area contributed by atoms with Crippen LogP contribution >= 0.6 is 0 Å². The summed E-state index contributed by atoms with van der Waals surface area (Å²) in [7, 11) is 0. The second-order valence-corrected chi connectivity index (χ2v) is 5.65. The van der Waals surface area contributed by atoms with E-state index in [2.05, 4.69) is 36.4 Å². The van der Waals surface area contributed by atoms with Gasteiger partial charge in [-0.3, -0.25) is 0 Å². The fourth-order valence-corrected chi connectivity index (χ4v) is 3.25. The zero-order chi connectivity index (χ0) is 12.2. The average Bonchev–Trinajstić information content (AvgIpc) is 2.46. The Morgan fingerprint density at radius 3 is 2.83 bits per heavy atom. The summed E-state index contributed by atoms with van der Waals surface area (Å²) in [5.41, 5.74) is 2.91. The first-order valence-corrected chi connectivity index (χ1v) is 7.25. The lowest BCUT2D eigenvalue weighted by atomic mass is 9.80. The lowest BCUT2D eigenvalue weighted by Crippen LogP contribution is -2.33. The van der Waals surface area contributed by atoms with E-state index in [9.17, 15) is 0 Å². The molecule has 1 unspecified atom stereocenters. The van der Waals surface area contributed by atoms with Crippen molar-refractivity contribution >= 4 is 0 Å². The Kier molecular flexibility index (Phi) is 3.80. The van der Waals surface area contributed by atoms with Crippen molar-refractivity contribution in [3.63, 3.8) is 0 Å². The van der Waals surface area contributed by atoms with Gasteiger partial charge in [-0.1, -0.05) is 49.2 Å². The predicted molar refractivity (Wildman–Crippen MR) is 74.5 cm³/mol. The molecule has 18 heavy (non-hydrogen) atoms. The highest BCUT2D eigenvalue weighted by Crippen LogP contribution is 2.35. The van der Waals surface area contributed by atoms with Crippen LogP contribution in [0.2, 0.25) is 0 Å². The minimum absolute atomic E-state index is 0.563. The second kappa shape index (κ2) is 5.71. The molecule has 1 saturated heterocycles. The highest BCUT2D eigenvalue weighted by molar-refractivity contribution is 5.20. The van der Waals surface area contributed by atoms with Gasteiger partial charge in [0.15, 0.2) is 0 Å². The maximum atomic E-state index is 6.01. The van der Waals surface area contributed by atoms with E-state index in [-0.39, 0.29) is 0 Å².